The first-order chi connectivity index (χ1) is 8.48. The van der Waals surface area contributed by atoms with Gasteiger partial charge in [-0.1, -0.05) is 13.5 Å². The van der Waals surface area contributed by atoms with Crippen LogP contribution in [0.4, 0.5) is 0 Å². The fraction of sp³-hybridized carbons (Fsp3) is 0.429. The average molecular weight is 268 g/mol. The summed E-state index contributed by atoms with van der Waals surface area (Å²) in [5.41, 5.74) is -0.417. The maximum Gasteiger partial charge on any atom is 0.189 e. The van der Waals surface area contributed by atoms with Gasteiger partial charge in [0.2, 0.25) is 0 Å². The van der Waals surface area contributed by atoms with E-state index < -0.39 is 16.7 Å². The number of hydrogen-bond acceptors (Lipinski definition) is 3. The van der Waals surface area contributed by atoms with E-state index in [0.29, 0.717) is 11.5 Å². The zero-order valence-electron chi connectivity index (χ0n) is 11.1. The van der Waals surface area contributed by atoms with E-state index in [-0.39, 0.29) is 0 Å². The number of hydrogen-bond donors (Lipinski definition) is 0. The molecule has 1 aromatic rings. The molecule has 1 unspecified atom stereocenters. The second-order valence-electron chi connectivity index (χ2n) is 4.44. The van der Waals surface area contributed by atoms with Crippen molar-refractivity contribution >= 4 is 11.1 Å². The summed E-state index contributed by atoms with van der Waals surface area (Å²) in [6, 6.07) is 7.07. The van der Waals surface area contributed by atoms with E-state index >= 15 is 0 Å². The first-order valence-electron chi connectivity index (χ1n) is 5.96. The molecule has 0 amide bonds. The van der Waals surface area contributed by atoms with Gasteiger partial charge in [-0.05, 0) is 50.6 Å². The predicted molar refractivity (Wildman–Crippen MR) is 74.0 cm³/mol. The van der Waals surface area contributed by atoms with Crippen LogP contribution < -0.4 is 4.74 Å². The van der Waals surface area contributed by atoms with Crippen LogP contribution >= 0.6 is 0 Å². The van der Waals surface area contributed by atoms with Crippen LogP contribution in [0.15, 0.2) is 41.8 Å². The van der Waals surface area contributed by atoms with E-state index in [9.17, 15) is 4.21 Å². The smallest absolute Gasteiger partial charge is 0.189 e. The van der Waals surface area contributed by atoms with E-state index in [1.54, 1.807) is 30.3 Å². The Bertz CT molecular complexity index is 410. The lowest BCUT2D eigenvalue weighted by atomic mass is 10.1. The topological polar surface area (TPSA) is 35.5 Å². The third-order valence-corrected chi connectivity index (χ3v) is 3.32. The Labute approximate surface area is 111 Å². The van der Waals surface area contributed by atoms with Gasteiger partial charge in [-0.3, -0.25) is 4.18 Å². The zero-order valence-corrected chi connectivity index (χ0v) is 12.0. The lowest BCUT2D eigenvalue weighted by Gasteiger charge is -2.22. The molecule has 0 spiro atoms. The van der Waals surface area contributed by atoms with Gasteiger partial charge >= 0.3 is 0 Å². The maximum absolute atomic E-state index is 11.7. The Kier molecular flexibility index (Phi) is 5.56. The molecule has 0 N–H and O–H groups in total. The van der Waals surface area contributed by atoms with Crippen molar-refractivity contribution in [2.45, 2.75) is 37.7 Å². The highest BCUT2D eigenvalue weighted by molar-refractivity contribution is 7.80. The summed E-state index contributed by atoms with van der Waals surface area (Å²) >= 11 is -1.39. The second-order valence-corrected chi connectivity index (χ2v) is 5.61. The summed E-state index contributed by atoms with van der Waals surface area (Å²) in [6.07, 6.45) is 2.59. The molecule has 3 nitrogen and oxygen atoms in total. The van der Waals surface area contributed by atoms with Crippen LogP contribution in [0.25, 0.3) is 0 Å². The molecule has 0 aliphatic heterocycles. The Hall–Kier alpha value is -1.13. The van der Waals surface area contributed by atoms with Crippen molar-refractivity contribution in [1.82, 2.24) is 0 Å². The molecule has 100 valence electrons. The van der Waals surface area contributed by atoms with Gasteiger partial charge in [-0.25, -0.2) is 4.21 Å². The third kappa shape index (κ3) is 4.63. The largest absolute Gasteiger partial charge is 0.484 e. The fourth-order valence-corrected chi connectivity index (χ4v) is 2.00. The van der Waals surface area contributed by atoms with E-state index in [1.807, 2.05) is 20.8 Å². The Balaban J connectivity index is 2.68. The summed E-state index contributed by atoms with van der Waals surface area (Å²) < 4.78 is 22.6. The van der Waals surface area contributed by atoms with Crippen molar-refractivity contribution in [1.29, 1.82) is 0 Å². The minimum Gasteiger partial charge on any atom is -0.484 e. The molecular weight excluding hydrogens is 248 g/mol. The van der Waals surface area contributed by atoms with E-state index in [1.165, 1.54) is 0 Å². The van der Waals surface area contributed by atoms with Crippen molar-refractivity contribution in [2.24, 2.45) is 0 Å². The monoisotopic (exact) mass is 268 g/mol. The van der Waals surface area contributed by atoms with Gasteiger partial charge in [0.15, 0.2) is 11.1 Å². The van der Waals surface area contributed by atoms with Crippen molar-refractivity contribution in [3.8, 4) is 5.75 Å². The second kappa shape index (κ2) is 6.71. The summed E-state index contributed by atoms with van der Waals surface area (Å²) in [6.45, 7) is 10.0. The molecule has 1 atom stereocenters. The van der Waals surface area contributed by atoms with Crippen LogP contribution in [0.2, 0.25) is 0 Å². The molecule has 0 bridgehead atoms. The average Bonchev–Trinajstić information content (AvgIpc) is 2.36. The molecule has 18 heavy (non-hydrogen) atoms. The van der Waals surface area contributed by atoms with Gasteiger partial charge in [0.1, 0.15) is 11.4 Å². The van der Waals surface area contributed by atoms with Crippen molar-refractivity contribution in [3.63, 3.8) is 0 Å². The molecular formula is C14H20O3S. The van der Waals surface area contributed by atoms with Gasteiger partial charge in [0, 0.05) is 0 Å². The predicted octanol–water partition coefficient (Wildman–Crippen LogP) is 3.48. The summed E-state index contributed by atoms with van der Waals surface area (Å²) in [5, 5.41) is 0. The fourth-order valence-electron chi connectivity index (χ4n) is 1.19. The SMILES string of the molecule is C=CC(C)(C)Oc1ccc(S(=O)OCCC)cc1. The molecule has 0 aliphatic rings. The Morgan fingerprint density at radius 2 is 1.94 bits per heavy atom. The van der Waals surface area contributed by atoms with Crippen molar-refractivity contribution in [2.75, 3.05) is 6.61 Å². The quantitative estimate of drug-likeness (QED) is 0.710. The van der Waals surface area contributed by atoms with E-state index in [4.69, 9.17) is 8.92 Å². The lowest BCUT2D eigenvalue weighted by molar-refractivity contribution is 0.162. The normalized spacial score (nSPS) is 13.1. The molecule has 0 radical (unpaired) electrons. The molecule has 1 aromatic carbocycles. The van der Waals surface area contributed by atoms with Crippen LogP contribution in [0.5, 0.6) is 5.75 Å². The first-order valence-corrected chi connectivity index (χ1v) is 7.03. The minimum atomic E-state index is -1.39. The van der Waals surface area contributed by atoms with Crippen molar-refractivity contribution < 1.29 is 13.1 Å². The molecule has 0 saturated heterocycles. The van der Waals surface area contributed by atoms with Gasteiger partial charge < -0.3 is 4.74 Å². The Morgan fingerprint density at radius 3 is 2.44 bits per heavy atom. The van der Waals surface area contributed by atoms with Crippen LogP contribution in [0.1, 0.15) is 27.2 Å². The molecule has 4 heteroatoms. The molecule has 0 fully saturated rings. The molecule has 0 aliphatic carbocycles. The van der Waals surface area contributed by atoms with E-state index in [2.05, 4.69) is 6.58 Å². The van der Waals surface area contributed by atoms with Crippen LogP contribution in [0, 0.1) is 0 Å². The highest BCUT2D eigenvalue weighted by Crippen LogP contribution is 2.21. The van der Waals surface area contributed by atoms with Crippen molar-refractivity contribution in [3.05, 3.63) is 36.9 Å². The summed E-state index contributed by atoms with van der Waals surface area (Å²) in [4.78, 5) is 0.646. The van der Waals surface area contributed by atoms with Crippen LogP contribution in [-0.4, -0.2) is 16.4 Å². The highest BCUT2D eigenvalue weighted by atomic mass is 32.2. The summed E-state index contributed by atoms with van der Waals surface area (Å²) in [5.74, 6) is 0.719. The van der Waals surface area contributed by atoms with Crippen LogP contribution in [-0.2, 0) is 15.3 Å². The maximum atomic E-state index is 11.7. The Morgan fingerprint density at radius 1 is 1.33 bits per heavy atom. The minimum absolute atomic E-state index is 0.417. The van der Waals surface area contributed by atoms with Crippen LogP contribution in [0.3, 0.4) is 0 Å². The van der Waals surface area contributed by atoms with Gasteiger partial charge in [-0.15, -0.1) is 0 Å². The highest BCUT2D eigenvalue weighted by Gasteiger charge is 2.14. The standard InChI is InChI=1S/C14H20O3S/c1-5-11-16-18(15)13-9-7-12(8-10-13)17-14(3,4)6-2/h6-10H,2,5,11H2,1,3-4H3. The van der Waals surface area contributed by atoms with Gasteiger partial charge in [0.25, 0.3) is 0 Å². The molecule has 0 saturated carbocycles. The molecule has 1 rings (SSSR count). The molecule has 0 heterocycles. The first kappa shape index (κ1) is 14.9. The van der Waals surface area contributed by atoms with Gasteiger partial charge in [0.05, 0.1) is 11.5 Å². The lowest BCUT2D eigenvalue weighted by Crippen LogP contribution is -2.24. The summed E-state index contributed by atoms with van der Waals surface area (Å²) in [7, 11) is 0. The molecule has 0 aromatic heterocycles. The zero-order chi connectivity index (χ0) is 13.6. The number of ether oxygens (including phenoxy) is 1. The van der Waals surface area contributed by atoms with E-state index in [0.717, 1.165) is 12.2 Å². The number of rotatable bonds is 7. The third-order valence-electron chi connectivity index (χ3n) is 2.28. The number of benzene rings is 1. The van der Waals surface area contributed by atoms with Gasteiger partial charge in [-0.2, -0.15) is 0 Å².